The van der Waals surface area contributed by atoms with Crippen molar-refractivity contribution in [2.24, 2.45) is 0 Å². The molecule has 0 radical (unpaired) electrons. The van der Waals surface area contributed by atoms with E-state index in [0.717, 1.165) is 5.56 Å². The molecule has 1 aromatic carbocycles. The molecule has 1 aromatic rings. The molecule has 3 heteroatoms. The minimum absolute atomic E-state index is 0.259. The number of esters is 1. The number of methoxy groups -OCH3 is 1. The lowest BCUT2D eigenvalue weighted by Crippen LogP contribution is -2.33. The number of carbonyl (C=O) groups excluding carboxylic acids is 1. The number of rotatable bonds is 2. The van der Waals surface area contributed by atoms with E-state index in [4.69, 9.17) is 4.74 Å². The van der Waals surface area contributed by atoms with Crippen molar-refractivity contribution in [3.63, 3.8) is 0 Å². The van der Waals surface area contributed by atoms with Gasteiger partial charge in [0.25, 0.3) is 0 Å². The number of hydrogen-bond donors (Lipinski definition) is 1. The summed E-state index contributed by atoms with van der Waals surface area (Å²) in [5.74, 6) is -0.0583. The predicted octanol–water partition coefficient (Wildman–Crippen LogP) is 2.33. The zero-order valence-electron chi connectivity index (χ0n) is 9.14. The fraction of sp³-hybridized carbons (Fsp3) is 0.308. The topological polar surface area (TPSA) is 46.5 Å². The number of carbonyl (C=O) groups is 1. The molecule has 3 nitrogen and oxygen atoms in total. The molecule has 0 amide bonds. The molecule has 0 aromatic heterocycles. The van der Waals surface area contributed by atoms with Crippen LogP contribution in [0.2, 0.25) is 0 Å². The Kier molecular flexibility index (Phi) is 2.69. The van der Waals surface area contributed by atoms with E-state index in [2.05, 4.69) is 0 Å². The van der Waals surface area contributed by atoms with Gasteiger partial charge in [-0.2, -0.15) is 0 Å². The van der Waals surface area contributed by atoms with Crippen LogP contribution in [0, 0.1) is 0 Å². The van der Waals surface area contributed by atoms with Gasteiger partial charge in [-0.25, -0.2) is 0 Å². The van der Waals surface area contributed by atoms with Crippen LogP contribution in [0.25, 0.3) is 0 Å². The van der Waals surface area contributed by atoms with Crippen LogP contribution in [0.4, 0.5) is 0 Å². The van der Waals surface area contributed by atoms with Crippen LogP contribution in [0.15, 0.2) is 42.2 Å². The average Bonchev–Trinajstić information content (AvgIpc) is 2.73. The maximum absolute atomic E-state index is 11.9. The van der Waals surface area contributed by atoms with Crippen LogP contribution < -0.4 is 0 Å². The van der Waals surface area contributed by atoms with Gasteiger partial charge in [-0.1, -0.05) is 30.3 Å². The predicted molar refractivity (Wildman–Crippen MR) is 60.1 cm³/mol. The normalized spacial score (nSPS) is 23.9. The highest BCUT2D eigenvalue weighted by atomic mass is 16.5. The third-order valence-electron chi connectivity index (χ3n) is 3.03. The Morgan fingerprint density at radius 1 is 1.38 bits per heavy atom. The molecule has 0 spiro atoms. The smallest absolute Gasteiger partial charge is 0.320 e. The van der Waals surface area contributed by atoms with Crippen LogP contribution in [0.3, 0.4) is 0 Å². The molecule has 1 N–H and O–H groups in total. The molecule has 16 heavy (non-hydrogen) atoms. The zero-order chi connectivity index (χ0) is 11.6. The highest BCUT2D eigenvalue weighted by molar-refractivity contribution is 5.86. The number of aliphatic hydroxyl groups excluding tert-OH is 1. The van der Waals surface area contributed by atoms with E-state index in [-0.39, 0.29) is 11.7 Å². The number of benzene rings is 1. The average molecular weight is 218 g/mol. The summed E-state index contributed by atoms with van der Waals surface area (Å²) in [5, 5.41) is 9.52. The van der Waals surface area contributed by atoms with Crippen molar-refractivity contribution < 1.29 is 14.6 Å². The van der Waals surface area contributed by atoms with Gasteiger partial charge in [-0.05, 0) is 18.1 Å². The summed E-state index contributed by atoms with van der Waals surface area (Å²) in [4.78, 5) is 11.9. The first kappa shape index (κ1) is 10.7. The molecule has 1 aliphatic rings. The van der Waals surface area contributed by atoms with E-state index in [1.807, 2.05) is 30.3 Å². The highest BCUT2D eigenvalue weighted by Gasteiger charge is 2.43. The molecule has 0 fully saturated rings. The molecular weight excluding hydrogens is 204 g/mol. The molecular formula is C13H14O3. The molecule has 0 heterocycles. The Morgan fingerprint density at radius 2 is 2.06 bits per heavy atom. The second kappa shape index (κ2) is 4.00. The molecule has 84 valence electrons. The zero-order valence-corrected chi connectivity index (χ0v) is 9.14. The number of aliphatic hydroxyl groups is 1. The maximum Gasteiger partial charge on any atom is 0.320 e. The summed E-state index contributed by atoms with van der Waals surface area (Å²) in [6.45, 7) is 0. The Labute approximate surface area is 94.4 Å². The quantitative estimate of drug-likeness (QED) is 0.775. The standard InChI is InChI=1S/C13H14O3/c1-16-12(15)13(8-7-11(14)9-13)10-5-3-2-4-6-10/h2-6,9,14H,7-8H2,1H3/t13-/m0/s1. The Balaban J connectivity index is 2.49. The molecule has 2 rings (SSSR count). The number of hydrogen-bond acceptors (Lipinski definition) is 3. The first-order valence-corrected chi connectivity index (χ1v) is 5.24. The van der Waals surface area contributed by atoms with Gasteiger partial charge < -0.3 is 9.84 Å². The van der Waals surface area contributed by atoms with Crippen molar-refractivity contribution >= 4 is 5.97 Å². The van der Waals surface area contributed by atoms with Gasteiger partial charge in [0.1, 0.15) is 5.41 Å². The summed E-state index contributed by atoms with van der Waals surface area (Å²) >= 11 is 0. The van der Waals surface area contributed by atoms with Crippen molar-refractivity contribution in [3.05, 3.63) is 47.7 Å². The summed E-state index contributed by atoms with van der Waals surface area (Å²) in [6.07, 6.45) is 2.69. The molecule has 0 bridgehead atoms. The second-order valence-corrected chi connectivity index (χ2v) is 3.96. The SMILES string of the molecule is COC(=O)[C@]1(c2ccccc2)C=C(O)CC1. The van der Waals surface area contributed by atoms with Crippen LogP contribution in [0.5, 0.6) is 0 Å². The molecule has 1 aliphatic carbocycles. The minimum Gasteiger partial charge on any atom is -0.513 e. The van der Waals surface area contributed by atoms with E-state index >= 15 is 0 Å². The van der Waals surface area contributed by atoms with Crippen molar-refractivity contribution in [2.45, 2.75) is 18.3 Å². The van der Waals surface area contributed by atoms with Gasteiger partial charge in [0, 0.05) is 6.42 Å². The Hall–Kier alpha value is -1.77. The molecule has 0 aliphatic heterocycles. The van der Waals surface area contributed by atoms with Crippen LogP contribution in [-0.2, 0) is 14.9 Å². The Morgan fingerprint density at radius 3 is 2.56 bits per heavy atom. The van der Waals surface area contributed by atoms with Gasteiger partial charge in [0.15, 0.2) is 0 Å². The van der Waals surface area contributed by atoms with Gasteiger partial charge >= 0.3 is 5.97 Å². The van der Waals surface area contributed by atoms with Crippen molar-refractivity contribution in [1.29, 1.82) is 0 Å². The second-order valence-electron chi connectivity index (χ2n) is 3.96. The highest BCUT2D eigenvalue weighted by Crippen LogP contribution is 2.39. The molecule has 0 saturated carbocycles. The van der Waals surface area contributed by atoms with E-state index in [9.17, 15) is 9.90 Å². The lowest BCUT2D eigenvalue weighted by atomic mass is 9.80. The van der Waals surface area contributed by atoms with Gasteiger partial charge in [-0.15, -0.1) is 0 Å². The third-order valence-corrected chi connectivity index (χ3v) is 3.03. The van der Waals surface area contributed by atoms with Crippen LogP contribution in [-0.4, -0.2) is 18.2 Å². The maximum atomic E-state index is 11.9. The van der Waals surface area contributed by atoms with Crippen LogP contribution >= 0.6 is 0 Å². The van der Waals surface area contributed by atoms with E-state index in [1.165, 1.54) is 7.11 Å². The lowest BCUT2D eigenvalue weighted by Gasteiger charge is -2.24. The summed E-state index contributed by atoms with van der Waals surface area (Å²) in [5.41, 5.74) is 0.0611. The van der Waals surface area contributed by atoms with Gasteiger partial charge in [0.2, 0.25) is 0 Å². The third kappa shape index (κ3) is 1.58. The first-order valence-electron chi connectivity index (χ1n) is 5.24. The largest absolute Gasteiger partial charge is 0.513 e. The first-order chi connectivity index (χ1) is 7.69. The lowest BCUT2D eigenvalue weighted by molar-refractivity contribution is -0.145. The monoisotopic (exact) mass is 218 g/mol. The molecule has 0 saturated heterocycles. The fourth-order valence-corrected chi connectivity index (χ4v) is 2.18. The summed E-state index contributed by atoms with van der Waals surface area (Å²) in [7, 11) is 1.37. The van der Waals surface area contributed by atoms with E-state index in [0.29, 0.717) is 12.8 Å². The van der Waals surface area contributed by atoms with Gasteiger partial charge in [-0.3, -0.25) is 4.79 Å². The number of allylic oxidation sites excluding steroid dienone is 1. The van der Waals surface area contributed by atoms with Crippen molar-refractivity contribution in [1.82, 2.24) is 0 Å². The van der Waals surface area contributed by atoms with Crippen LogP contribution in [0.1, 0.15) is 18.4 Å². The van der Waals surface area contributed by atoms with Crippen molar-refractivity contribution in [2.75, 3.05) is 7.11 Å². The summed E-state index contributed by atoms with van der Waals surface area (Å²) < 4.78 is 4.85. The Bertz CT molecular complexity index is 422. The molecule has 0 unspecified atom stereocenters. The number of ether oxygens (including phenoxy) is 1. The minimum atomic E-state index is -0.805. The van der Waals surface area contributed by atoms with E-state index < -0.39 is 5.41 Å². The van der Waals surface area contributed by atoms with Crippen molar-refractivity contribution in [3.8, 4) is 0 Å². The van der Waals surface area contributed by atoms with Gasteiger partial charge in [0.05, 0.1) is 12.9 Å². The molecule has 1 atom stereocenters. The van der Waals surface area contributed by atoms with E-state index in [1.54, 1.807) is 6.08 Å². The summed E-state index contributed by atoms with van der Waals surface area (Å²) in [6, 6.07) is 9.41. The fourth-order valence-electron chi connectivity index (χ4n) is 2.18.